The van der Waals surface area contributed by atoms with E-state index in [2.05, 4.69) is 0 Å². The Labute approximate surface area is 112 Å². The highest BCUT2D eigenvalue weighted by Crippen LogP contribution is 2.29. The molecule has 0 aliphatic carbocycles. The number of allylic oxidation sites excluding steroid dienone is 1. The quantitative estimate of drug-likeness (QED) is 0.826. The predicted octanol–water partition coefficient (Wildman–Crippen LogP) is 3.74. The van der Waals surface area contributed by atoms with E-state index < -0.39 is 11.8 Å². The lowest BCUT2D eigenvalue weighted by Gasteiger charge is -2.15. The molecule has 0 saturated carbocycles. The first kappa shape index (κ1) is 15.2. The summed E-state index contributed by atoms with van der Waals surface area (Å²) >= 11 is 0. The number of carboxylic acids is 1. The van der Waals surface area contributed by atoms with E-state index in [1.165, 1.54) is 25.3 Å². The number of hydrogen-bond acceptors (Lipinski definition) is 2. The van der Waals surface area contributed by atoms with Gasteiger partial charge in [0, 0.05) is 0 Å². The zero-order valence-electron chi connectivity index (χ0n) is 11.7. The maximum atomic E-state index is 13.4. The average molecular weight is 266 g/mol. The van der Waals surface area contributed by atoms with Crippen LogP contribution in [0.5, 0.6) is 5.75 Å². The van der Waals surface area contributed by atoms with Gasteiger partial charge >= 0.3 is 5.97 Å². The fourth-order valence-corrected chi connectivity index (χ4v) is 2.14. The molecule has 1 aromatic rings. The van der Waals surface area contributed by atoms with E-state index >= 15 is 0 Å². The van der Waals surface area contributed by atoms with Gasteiger partial charge in [0.05, 0.1) is 12.7 Å². The van der Waals surface area contributed by atoms with Crippen molar-refractivity contribution in [3.63, 3.8) is 0 Å². The SMILES string of the molecule is CCC(=C(C(=O)O)c1ccc(F)c(OC)c1)C(C)C. The van der Waals surface area contributed by atoms with Crippen LogP contribution in [0.1, 0.15) is 32.8 Å². The number of carboxylic acid groups (broad SMARTS) is 1. The van der Waals surface area contributed by atoms with E-state index in [4.69, 9.17) is 4.74 Å². The maximum Gasteiger partial charge on any atom is 0.336 e. The Morgan fingerprint density at radius 1 is 1.42 bits per heavy atom. The molecule has 4 heteroatoms. The second-order valence-electron chi connectivity index (χ2n) is 4.56. The molecule has 3 nitrogen and oxygen atoms in total. The highest BCUT2D eigenvalue weighted by molar-refractivity contribution is 6.16. The monoisotopic (exact) mass is 266 g/mol. The third kappa shape index (κ3) is 3.34. The zero-order chi connectivity index (χ0) is 14.6. The molecule has 1 rings (SSSR count). The Hall–Kier alpha value is -1.84. The molecule has 0 aromatic heterocycles. The van der Waals surface area contributed by atoms with Gasteiger partial charge in [-0.15, -0.1) is 0 Å². The number of carbonyl (C=O) groups is 1. The molecule has 0 spiro atoms. The number of ether oxygens (including phenoxy) is 1. The maximum absolute atomic E-state index is 13.4. The summed E-state index contributed by atoms with van der Waals surface area (Å²) in [5.41, 5.74) is 1.54. The van der Waals surface area contributed by atoms with Crippen molar-refractivity contribution in [2.75, 3.05) is 7.11 Å². The lowest BCUT2D eigenvalue weighted by molar-refractivity contribution is -0.130. The van der Waals surface area contributed by atoms with Crippen molar-refractivity contribution in [2.45, 2.75) is 27.2 Å². The fraction of sp³-hybridized carbons (Fsp3) is 0.400. The lowest BCUT2D eigenvalue weighted by atomic mass is 9.90. The highest BCUT2D eigenvalue weighted by Gasteiger charge is 2.19. The van der Waals surface area contributed by atoms with Gasteiger partial charge in [-0.3, -0.25) is 0 Å². The van der Waals surface area contributed by atoms with E-state index in [9.17, 15) is 14.3 Å². The first-order valence-electron chi connectivity index (χ1n) is 6.22. The number of methoxy groups -OCH3 is 1. The van der Waals surface area contributed by atoms with Crippen LogP contribution in [0, 0.1) is 11.7 Å². The molecule has 0 amide bonds. The Kier molecular flexibility index (Phi) is 5.10. The molecule has 1 N–H and O–H groups in total. The second kappa shape index (κ2) is 6.36. The van der Waals surface area contributed by atoms with Crippen LogP contribution in [0.3, 0.4) is 0 Å². The highest BCUT2D eigenvalue weighted by atomic mass is 19.1. The third-order valence-corrected chi connectivity index (χ3v) is 3.05. The minimum Gasteiger partial charge on any atom is -0.494 e. The van der Waals surface area contributed by atoms with Crippen LogP contribution in [-0.2, 0) is 4.79 Å². The van der Waals surface area contributed by atoms with E-state index in [1.54, 1.807) is 0 Å². The van der Waals surface area contributed by atoms with E-state index in [1.807, 2.05) is 20.8 Å². The molecule has 104 valence electrons. The Bertz CT molecular complexity index is 504. The van der Waals surface area contributed by atoms with Gasteiger partial charge in [-0.2, -0.15) is 0 Å². The van der Waals surface area contributed by atoms with Gasteiger partial charge in [-0.05, 0) is 30.0 Å². The molecule has 0 heterocycles. The van der Waals surface area contributed by atoms with Crippen LogP contribution >= 0.6 is 0 Å². The first-order valence-corrected chi connectivity index (χ1v) is 6.22. The third-order valence-electron chi connectivity index (χ3n) is 3.05. The minimum atomic E-state index is -1.00. The van der Waals surface area contributed by atoms with Gasteiger partial charge in [0.25, 0.3) is 0 Å². The van der Waals surface area contributed by atoms with Crippen molar-refractivity contribution in [1.82, 2.24) is 0 Å². The molecule has 0 aliphatic heterocycles. The number of benzene rings is 1. The summed E-state index contributed by atoms with van der Waals surface area (Å²) in [4.78, 5) is 11.5. The summed E-state index contributed by atoms with van der Waals surface area (Å²) in [6.07, 6.45) is 0.638. The summed E-state index contributed by atoms with van der Waals surface area (Å²) in [7, 11) is 1.36. The standard InChI is InChI=1S/C15H19FO3/c1-5-11(9(2)3)14(15(17)18)10-6-7-12(16)13(8-10)19-4/h6-9H,5H2,1-4H3,(H,17,18). The molecule has 0 radical (unpaired) electrons. The van der Waals surface area contributed by atoms with Crippen LogP contribution in [0.25, 0.3) is 5.57 Å². The summed E-state index contributed by atoms with van der Waals surface area (Å²) in [6.45, 7) is 5.81. The predicted molar refractivity (Wildman–Crippen MR) is 72.6 cm³/mol. The summed E-state index contributed by atoms with van der Waals surface area (Å²) < 4.78 is 18.3. The van der Waals surface area contributed by atoms with E-state index in [-0.39, 0.29) is 17.2 Å². The van der Waals surface area contributed by atoms with Gasteiger partial charge < -0.3 is 9.84 Å². The first-order chi connectivity index (χ1) is 8.92. The summed E-state index contributed by atoms with van der Waals surface area (Å²) in [5.74, 6) is -1.33. The average Bonchev–Trinajstić information content (AvgIpc) is 2.35. The van der Waals surface area contributed by atoms with Crippen molar-refractivity contribution < 1.29 is 19.0 Å². The molecule has 0 atom stereocenters. The molecule has 0 saturated heterocycles. The number of rotatable bonds is 5. The van der Waals surface area contributed by atoms with Crippen LogP contribution < -0.4 is 4.74 Å². The normalized spacial score (nSPS) is 12.3. The smallest absolute Gasteiger partial charge is 0.336 e. The van der Waals surface area contributed by atoms with Crippen molar-refractivity contribution >= 4 is 11.5 Å². The second-order valence-corrected chi connectivity index (χ2v) is 4.56. The number of aliphatic carboxylic acids is 1. The fourth-order valence-electron chi connectivity index (χ4n) is 2.14. The van der Waals surface area contributed by atoms with Crippen LogP contribution in [0.2, 0.25) is 0 Å². The summed E-state index contributed by atoms with van der Waals surface area (Å²) in [6, 6.07) is 4.13. The van der Waals surface area contributed by atoms with Crippen LogP contribution in [-0.4, -0.2) is 18.2 Å². The topological polar surface area (TPSA) is 46.5 Å². The van der Waals surface area contributed by atoms with Crippen molar-refractivity contribution in [1.29, 1.82) is 0 Å². The van der Waals surface area contributed by atoms with E-state index in [0.717, 1.165) is 5.57 Å². The van der Waals surface area contributed by atoms with Gasteiger partial charge in [-0.1, -0.05) is 32.4 Å². The van der Waals surface area contributed by atoms with Crippen molar-refractivity contribution in [3.8, 4) is 5.75 Å². The van der Waals surface area contributed by atoms with Gasteiger partial charge in [0.1, 0.15) is 0 Å². The van der Waals surface area contributed by atoms with Crippen molar-refractivity contribution in [3.05, 3.63) is 35.2 Å². The minimum absolute atomic E-state index is 0.0514. The molecule has 1 aromatic carbocycles. The molecule has 0 bridgehead atoms. The number of halogens is 1. The molecule has 0 aliphatic rings. The lowest BCUT2D eigenvalue weighted by Crippen LogP contribution is -2.08. The Morgan fingerprint density at radius 3 is 2.47 bits per heavy atom. The summed E-state index contributed by atoms with van der Waals surface area (Å²) in [5, 5.41) is 9.42. The zero-order valence-corrected chi connectivity index (χ0v) is 11.7. The van der Waals surface area contributed by atoms with Crippen LogP contribution in [0.15, 0.2) is 23.8 Å². The molecule has 19 heavy (non-hydrogen) atoms. The van der Waals surface area contributed by atoms with Crippen molar-refractivity contribution in [2.24, 2.45) is 5.92 Å². The molecular weight excluding hydrogens is 247 g/mol. The van der Waals surface area contributed by atoms with E-state index in [0.29, 0.717) is 12.0 Å². The Morgan fingerprint density at radius 2 is 2.05 bits per heavy atom. The molecule has 0 fully saturated rings. The van der Waals surface area contributed by atoms with Gasteiger partial charge in [0.2, 0.25) is 0 Å². The van der Waals surface area contributed by atoms with Gasteiger partial charge in [0.15, 0.2) is 11.6 Å². The number of hydrogen-bond donors (Lipinski definition) is 1. The molecular formula is C15H19FO3. The Balaban J connectivity index is 3.47. The largest absolute Gasteiger partial charge is 0.494 e. The van der Waals surface area contributed by atoms with Crippen LogP contribution in [0.4, 0.5) is 4.39 Å². The van der Waals surface area contributed by atoms with Gasteiger partial charge in [-0.25, -0.2) is 9.18 Å². The molecule has 0 unspecified atom stereocenters.